The molecule has 11 heteroatoms. The number of pyridine rings is 1. The molecular formula is C24H28F3N5O3. The Hall–Kier alpha value is -2.95. The summed E-state index contributed by atoms with van der Waals surface area (Å²) < 4.78 is 51.0. The van der Waals surface area contributed by atoms with Crippen molar-refractivity contribution in [1.29, 1.82) is 0 Å². The molecule has 0 spiro atoms. The zero-order valence-corrected chi connectivity index (χ0v) is 19.4. The Labute approximate surface area is 201 Å². The Kier molecular flexibility index (Phi) is 6.52. The minimum absolute atomic E-state index is 0.0402. The summed E-state index contributed by atoms with van der Waals surface area (Å²) in [7, 11) is 1.45. The average Bonchev–Trinajstić information content (AvgIpc) is 3.43. The van der Waals surface area contributed by atoms with Crippen LogP contribution in [0.5, 0.6) is 5.75 Å². The molecule has 0 aromatic carbocycles. The van der Waals surface area contributed by atoms with Gasteiger partial charge in [0.25, 0.3) is 0 Å². The van der Waals surface area contributed by atoms with Gasteiger partial charge in [-0.1, -0.05) is 0 Å². The first-order valence-electron chi connectivity index (χ1n) is 11.9. The van der Waals surface area contributed by atoms with Gasteiger partial charge >= 0.3 is 6.18 Å². The van der Waals surface area contributed by atoms with E-state index >= 15 is 0 Å². The van der Waals surface area contributed by atoms with E-state index in [2.05, 4.69) is 20.5 Å². The maximum Gasteiger partial charge on any atom is 0.417 e. The quantitative estimate of drug-likeness (QED) is 0.683. The van der Waals surface area contributed by atoms with Crippen LogP contribution in [0.3, 0.4) is 0 Å². The van der Waals surface area contributed by atoms with Crippen molar-refractivity contribution in [3.8, 4) is 17.0 Å². The number of amides is 1. The van der Waals surface area contributed by atoms with E-state index in [0.717, 1.165) is 57.2 Å². The topological polar surface area (TPSA) is 89.5 Å². The van der Waals surface area contributed by atoms with Crippen molar-refractivity contribution < 1.29 is 27.4 Å². The molecule has 3 fully saturated rings. The van der Waals surface area contributed by atoms with Crippen LogP contribution in [0.15, 0.2) is 24.5 Å². The molecular weight excluding hydrogens is 463 g/mol. The second-order valence-corrected chi connectivity index (χ2v) is 9.53. The third kappa shape index (κ3) is 4.91. The molecule has 3 aliphatic rings. The van der Waals surface area contributed by atoms with Crippen LogP contribution in [-0.4, -0.2) is 65.4 Å². The van der Waals surface area contributed by atoms with Crippen LogP contribution in [0.4, 0.5) is 19.0 Å². The van der Waals surface area contributed by atoms with Crippen LogP contribution >= 0.6 is 0 Å². The second-order valence-electron chi connectivity index (χ2n) is 9.53. The summed E-state index contributed by atoms with van der Waals surface area (Å²) in [5.74, 6) is 1.88. The van der Waals surface area contributed by atoms with Gasteiger partial charge in [-0.2, -0.15) is 13.2 Å². The van der Waals surface area contributed by atoms with Crippen LogP contribution in [0.2, 0.25) is 0 Å². The van der Waals surface area contributed by atoms with Crippen molar-refractivity contribution >= 4 is 11.7 Å². The Balaban J connectivity index is 1.24. The van der Waals surface area contributed by atoms with Gasteiger partial charge in [-0.25, -0.2) is 0 Å². The molecule has 4 heterocycles. The molecule has 3 atom stereocenters. The molecule has 1 amide bonds. The van der Waals surface area contributed by atoms with E-state index in [4.69, 9.17) is 9.47 Å². The third-order valence-electron chi connectivity index (χ3n) is 7.36. The van der Waals surface area contributed by atoms with Gasteiger partial charge in [0.1, 0.15) is 0 Å². The number of rotatable bonds is 5. The van der Waals surface area contributed by atoms with Crippen molar-refractivity contribution in [3.05, 3.63) is 30.1 Å². The molecule has 1 aliphatic carbocycles. The Morgan fingerprint density at radius 3 is 2.54 bits per heavy atom. The fraction of sp³-hybridized carbons (Fsp3) is 0.583. The first-order chi connectivity index (χ1) is 16.8. The van der Waals surface area contributed by atoms with Crippen molar-refractivity contribution in [2.45, 2.75) is 37.9 Å². The fourth-order valence-corrected chi connectivity index (χ4v) is 5.60. The molecule has 0 bridgehead atoms. The minimum atomic E-state index is -4.54. The van der Waals surface area contributed by atoms with Gasteiger partial charge in [-0.3, -0.25) is 9.78 Å². The number of nitrogens with zero attached hydrogens (tertiary/aromatic N) is 4. The molecule has 2 aromatic heterocycles. The third-order valence-corrected chi connectivity index (χ3v) is 7.36. The van der Waals surface area contributed by atoms with Gasteiger partial charge in [0.15, 0.2) is 11.6 Å². The number of hydrogen-bond acceptors (Lipinski definition) is 7. The summed E-state index contributed by atoms with van der Waals surface area (Å²) in [5.41, 5.74) is -0.937. The lowest BCUT2D eigenvalue weighted by atomic mass is 9.98. The number of halogens is 3. The van der Waals surface area contributed by atoms with Crippen LogP contribution in [0, 0.1) is 17.8 Å². The second kappa shape index (κ2) is 9.60. The fourth-order valence-electron chi connectivity index (χ4n) is 5.60. The minimum Gasteiger partial charge on any atom is -0.493 e. The molecule has 8 nitrogen and oxygen atoms in total. The van der Waals surface area contributed by atoms with E-state index in [1.54, 1.807) is 0 Å². The van der Waals surface area contributed by atoms with Gasteiger partial charge in [0.2, 0.25) is 5.91 Å². The lowest BCUT2D eigenvalue weighted by molar-refractivity contribution is -0.138. The molecule has 2 aliphatic heterocycles. The predicted octanol–water partition coefficient (Wildman–Crippen LogP) is 3.64. The highest BCUT2D eigenvalue weighted by Gasteiger charge is 2.44. The van der Waals surface area contributed by atoms with Crippen LogP contribution in [0.1, 0.15) is 31.2 Å². The molecule has 0 radical (unpaired) electrons. The number of nitrogens with one attached hydrogen (secondary N) is 1. The lowest BCUT2D eigenvalue weighted by Crippen LogP contribution is -2.38. The molecule has 5 rings (SSSR count). The standard InChI is InChI=1S/C24H28F3N5O3/c1-34-21-10-20(18-11-28-5-2-19(18)24(25,26)27)30-31-22(21)29-17-8-15-12-32(13-16(15)9-17)23(33)14-3-6-35-7-4-14/h2,5,10-11,14-17H,3-4,6-9,12-13H2,1H3,(H,29,31)/t15-,16+,17+. The number of likely N-dealkylation sites (tertiary alicyclic amines) is 1. The number of alkyl halides is 3. The highest BCUT2D eigenvalue weighted by atomic mass is 19.4. The molecule has 188 valence electrons. The molecule has 1 N–H and O–H groups in total. The zero-order chi connectivity index (χ0) is 24.6. The van der Waals surface area contributed by atoms with Gasteiger partial charge < -0.3 is 19.7 Å². The summed E-state index contributed by atoms with van der Waals surface area (Å²) >= 11 is 0. The van der Waals surface area contributed by atoms with Crippen molar-refractivity contribution in [3.63, 3.8) is 0 Å². The monoisotopic (exact) mass is 491 g/mol. The summed E-state index contributed by atoms with van der Waals surface area (Å²) in [6, 6.07) is 2.50. The largest absolute Gasteiger partial charge is 0.493 e. The van der Waals surface area contributed by atoms with Crippen LogP contribution in [-0.2, 0) is 15.7 Å². The zero-order valence-electron chi connectivity index (χ0n) is 19.4. The van der Waals surface area contributed by atoms with Crippen molar-refractivity contribution in [1.82, 2.24) is 20.1 Å². The molecule has 0 unspecified atom stereocenters. The maximum atomic E-state index is 13.4. The van der Waals surface area contributed by atoms with Gasteiger partial charge in [0, 0.05) is 62.3 Å². The molecule has 2 saturated heterocycles. The molecule has 2 aromatic rings. The summed E-state index contributed by atoms with van der Waals surface area (Å²) in [4.78, 5) is 18.7. The van der Waals surface area contributed by atoms with Crippen molar-refractivity contribution in [2.75, 3.05) is 38.7 Å². The van der Waals surface area contributed by atoms with Gasteiger partial charge in [-0.05, 0) is 43.6 Å². The first-order valence-corrected chi connectivity index (χ1v) is 11.9. The molecule has 35 heavy (non-hydrogen) atoms. The highest BCUT2D eigenvalue weighted by molar-refractivity contribution is 5.79. The number of anilines is 1. The summed E-state index contributed by atoms with van der Waals surface area (Å²) in [6.45, 7) is 2.84. The number of aromatic nitrogens is 3. The SMILES string of the molecule is COc1cc(-c2cnccc2C(F)(F)F)nnc1N[C@H]1C[C@@H]2CN(C(=O)C3CCOCC3)C[C@@H]2C1. The average molecular weight is 492 g/mol. The first kappa shape index (κ1) is 23.8. The Bertz CT molecular complexity index is 1060. The summed E-state index contributed by atoms with van der Waals surface area (Å²) in [6.07, 6.45) is 1.06. The predicted molar refractivity (Wildman–Crippen MR) is 121 cm³/mol. The maximum absolute atomic E-state index is 13.4. The van der Waals surface area contributed by atoms with Crippen molar-refractivity contribution in [2.24, 2.45) is 17.8 Å². The van der Waals surface area contributed by atoms with E-state index in [1.165, 1.54) is 13.2 Å². The lowest BCUT2D eigenvalue weighted by Gasteiger charge is -2.27. The number of ether oxygens (including phenoxy) is 2. The van der Waals surface area contributed by atoms with Crippen LogP contribution in [0.25, 0.3) is 11.3 Å². The van der Waals surface area contributed by atoms with Gasteiger partial charge in [0.05, 0.1) is 18.4 Å². The summed E-state index contributed by atoms with van der Waals surface area (Å²) in [5, 5.41) is 11.6. The number of carbonyl (C=O) groups is 1. The van der Waals surface area contributed by atoms with E-state index in [0.29, 0.717) is 36.6 Å². The smallest absolute Gasteiger partial charge is 0.417 e. The Morgan fingerprint density at radius 2 is 1.89 bits per heavy atom. The van der Waals surface area contributed by atoms with E-state index in [-0.39, 0.29) is 29.1 Å². The highest BCUT2D eigenvalue weighted by Crippen LogP contribution is 2.41. The van der Waals surface area contributed by atoms with E-state index in [9.17, 15) is 18.0 Å². The number of methoxy groups -OCH3 is 1. The normalized spacial score (nSPS) is 24.9. The Morgan fingerprint density at radius 1 is 1.17 bits per heavy atom. The number of fused-ring (bicyclic) bond motifs is 1. The van der Waals surface area contributed by atoms with Gasteiger partial charge in [-0.15, -0.1) is 10.2 Å². The number of carbonyl (C=O) groups excluding carboxylic acids is 1. The molecule has 1 saturated carbocycles. The van der Waals surface area contributed by atoms with E-state index < -0.39 is 11.7 Å². The number of hydrogen-bond donors (Lipinski definition) is 1. The van der Waals surface area contributed by atoms with Crippen LogP contribution < -0.4 is 10.1 Å². The van der Waals surface area contributed by atoms with E-state index in [1.807, 2.05) is 4.90 Å².